The Kier molecular flexibility index (Phi) is 5.68. The second kappa shape index (κ2) is 7.37. The second-order valence-corrected chi connectivity index (χ2v) is 7.63. The summed E-state index contributed by atoms with van der Waals surface area (Å²) in [6.07, 6.45) is 0.00648. The largest absolute Gasteiger partial charge is 0.482 e. The molecule has 3 N–H and O–H groups in total. The smallest absolute Gasteiger partial charge is 0.262 e. The van der Waals surface area contributed by atoms with E-state index in [9.17, 15) is 18.0 Å². The molecule has 1 heterocycles. The van der Waals surface area contributed by atoms with Crippen molar-refractivity contribution in [2.75, 3.05) is 18.5 Å². The fraction of sp³-hybridized carbons (Fsp3) is 0.429. The monoisotopic (exact) mass is 375 g/mol. The van der Waals surface area contributed by atoms with Gasteiger partial charge in [0, 0.05) is 25.1 Å². The SMILES string of the molecule is CC(C)NC(=O)CCNS(=O)(=O)c1cc2c(cc1Cl)NC(=O)CO2. The molecule has 0 spiro atoms. The number of nitrogens with one attached hydrogen (secondary N) is 3. The maximum absolute atomic E-state index is 12.3. The third-order valence-corrected chi connectivity index (χ3v) is 4.98. The van der Waals surface area contributed by atoms with Crippen molar-refractivity contribution in [3.05, 3.63) is 17.2 Å². The minimum absolute atomic E-state index is 0.00648. The van der Waals surface area contributed by atoms with Gasteiger partial charge in [0.2, 0.25) is 15.9 Å². The van der Waals surface area contributed by atoms with Crippen LogP contribution in [-0.4, -0.2) is 39.4 Å². The quantitative estimate of drug-likeness (QED) is 0.682. The number of benzene rings is 1. The van der Waals surface area contributed by atoms with Crippen LogP contribution in [0.25, 0.3) is 0 Å². The Bertz CT molecular complexity index is 764. The molecule has 0 unspecified atom stereocenters. The van der Waals surface area contributed by atoms with Crippen LogP contribution in [0.2, 0.25) is 5.02 Å². The van der Waals surface area contributed by atoms with E-state index in [0.717, 1.165) is 0 Å². The summed E-state index contributed by atoms with van der Waals surface area (Å²) in [6, 6.07) is 2.54. The van der Waals surface area contributed by atoms with Gasteiger partial charge >= 0.3 is 0 Å². The van der Waals surface area contributed by atoms with E-state index in [0.29, 0.717) is 5.69 Å². The van der Waals surface area contributed by atoms with Gasteiger partial charge in [0.25, 0.3) is 5.91 Å². The maximum atomic E-state index is 12.3. The van der Waals surface area contributed by atoms with Gasteiger partial charge in [0.05, 0.1) is 10.7 Å². The lowest BCUT2D eigenvalue weighted by Crippen LogP contribution is -2.34. The van der Waals surface area contributed by atoms with Crippen LogP contribution >= 0.6 is 11.6 Å². The van der Waals surface area contributed by atoms with Crippen molar-refractivity contribution in [2.45, 2.75) is 31.2 Å². The van der Waals surface area contributed by atoms with Gasteiger partial charge in [-0.2, -0.15) is 0 Å². The first-order valence-electron chi connectivity index (χ1n) is 7.24. The first kappa shape index (κ1) is 18.5. The number of hydrogen-bond donors (Lipinski definition) is 3. The van der Waals surface area contributed by atoms with E-state index in [4.69, 9.17) is 16.3 Å². The number of rotatable bonds is 6. The zero-order valence-electron chi connectivity index (χ0n) is 13.2. The zero-order valence-corrected chi connectivity index (χ0v) is 14.8. The highest BCUT2D eigenvalue weighted by Gasteiger charge is 2.24. The van der Waals surface area contributed by atoms with Gasteiger partial charge in [-0.05, 0) is 19.9 Å². The molecule has 24 heavy (non-hydrogen) atoms. The van der Waals surface area contributed by atoms with Crippen molar-refractivity contribution in [3.8, 4) is 5.75 Å². The molecule has 1 aromatic carbocycles. The summed E-state index contributed by atoms with van der Waals surface area (Å²) in [6.45, 7) is 3.37. The number of ether oxygens (including phenoxy) is 1. The third-order valence-electron chi connectivity index (χ3n) is 3.05. The number of halogens is 1. The number of amides is 2. The minimum Gasteiger partial charge on any atom is -0.482 e. The molecular formula is C14H18ClN3O5S. The van der Waals surface area contributed by atoms with Crippen LogP contribution in [0.5, 0.6) is 5.75 Å². The van der Waals surface area contributed by atoms with E-state index in [1.54, 1.807) is 0 Å². The normalized spacial score (nSPS) is 13.9. The molecule has 0 atom stereocenters. The van der Waals surface area contributed by atoms with Gasteiger partial charge in [-0.25, -0.2) is 13.1 Å². The van der Waals surface area contributed by atoms with E-state index in [2.05, 4.69) is 15.4 Å². The lowest BCUT2D eigenvalue weighted by Gasteiger charge is -2.19. The highest BCUT2D eigenvalue weighted by Crippen LogP contribution is 2.35. The predicted molar refractivity (Wildman–Crippen MR) is 88.7 cm³/mol. The number of sulfonamides is 1. The molecule has 8 nitrogen and oxygen atoms in total. The molecule has 1 aliphatic rings. The summed E-state index contributed by atoms with van der Waals surface area (Å²) in [5, 5.41) is 5.15. The summed E-state index contributed by atoms with van der Waals surface area (Å²) < 4.78 is 32.2. The van der Waals surface area contributed by atoms with Crippen LogP contribution in [0, 0.1) is 0 Å². The van der Waals surface area contributed by atoms with Crippen LogP contribution in [-0.2, 0) is 19.6 Å². The van der Waals surface area contributed by atoms with Gasteiger partial charge in [-0.15, -0.1) is 0 Å². The molecule has 132 valence electrons. The third kappa shape index (κ3) is 4.59. The number of hydrogen-bond acceptors (Lipinski definition) is 5. The molecule has 1 aliphatic heterocycles. The van der Waals surface area contributed by atoms with Crippen LogP contribution in [0.3, 0.4) is 0 Å². The van der Waals surface area contributed by atoms with Crippen LogP contribution in [0.4, 0.5) is 5.69 Å². The van der Waals surface area contributed by atoms with Crippen molar-refractivity contribution < 1.29 is 22.7 Å². The molecule has 0 saturated heterocycles. The molecule has 0 aromatic heterocycles. The molecule has 0 saturated carbocycles. The Hall–Kier alpha value is -1.84. The summed E-state index contributed by atoms with van der Waals surface area (Å²) in [4.78, 5) is 22.6. The Labute approximate surface area is 144 Å². The Balaban J connectivity index is 2.09. The fourth-order valence-electron chi connectivity index (χ4n) is 2.06. The number of carbonyl (C=O) groups excluding carboxylic acids is 2. The van der Waals surface area contributed by atoms with Gasteiger partial charge in [0.15, 0.2) is 6.61 Å². The summed E-state index contributed by atoms with van der Waals surface area (Å²) in [5.41, 5.74) is 0.312. The minimum atomic E-state index is -3.92. The second-order valence-electron chi connectivity index (χ2n) is 5.49. The highest BCUT2D eigenvalue weighted by atomic mass is 35.5. The first-order chi connectivity index (χ1) is 11.2. The molecular weight excluding hydrogens is 358 g/mol. The van der Waals surface area contributed by atoms with Gasteiger partial charge in [-0.1, -0.05) is 11.6 Å². The standard InChI is InChI=1S/C14H18ClN3O5S/c1-8(2)17-13(19)3-4-16-24(21,22)12-6-11-10(5-9(12)15)18-14(20)7-23-11/h5-6,8,16H,3-4,7H2,1-2H3,(H,17,19)(H,18,20). The zero-order chi connectivity index (χ0) is 17.9. The average molecular weight is 376 g/mol. The van der Waals surface area contributed by atoms with Crippen molar-refractivity contribution >= 4 is 39.1 Å². The van der Waals surface area contributed by atoms with Gasteiger partial charge in [0.1, 0.15) is 10.6 Å². The highest BCUT2D eigenvalue weighted by molar-refractivity contribution is 7.89. The molecule has 10 heteroatoms. The Morgan fingerprint density at radius 1 is 1.42 bits per heavy atom. The number of carbonyl (C=O) groups is 2. The van der Waals surface area contributed by atoms with Crippen LogP contribution in [0.1, 0.15) is 20.3 Å². The Morgan fingerprint density at radius 3 is 2.79 bits per heavy atom. The maximum Gasteiger partial charge on any atom is 0.262 e. The lowest BCUT2D eigenvalue weighted by molar-refractivity contribution is -0.121. The van der Waals surface area contributed by atoms with Gasteiger partial charge in [-0.3, -0.25) is 9.59 Å². The van der Waals surface area contributed by atoms with Crippen molar-refractivity contribution in [2.24, 2.45) is 0 Å². The van der Waals surface area contributed by atoms with E-state index >= 15 is 0 Å². The molecule has 0 radical (unpaired) electrons. The number of fused-ring (bicyclic) bond motifs is 1. The summed E-state index contributed by atoms with van der Waals surface area (Å²) in [7, 11) is -3.92. The average Bonchev–Trinajstić information content (AvgIpc) is 2.45. The summed E-state index contributed by atoms with van der Waals surface area (Å²) >= 11 is 6.00. The topological polar surface area (TPSA) is 114 Å². The molecule has 0 bridgehead atoms. The van der Waals surface area contributed by atoms with E-state index in [-0.39, 0.29) is 53.1 Å². The van der Waals surface area contributed by atoms with Crippen molar-refractivity contribution in [1.29, 1.82) is 0 Å². The molecule has 2 rings (SSSR count). The molecule has 1 aromatic rings. The summed E-state index contributed by atoms with van der Waals surface area (Å²) in [5.74, 6) is -0.379. The number of anilines is 1. The van der Waals surface area contributed by atoms with E-state index < -0.39 is 10.0 Å². The van der Waals surface area contributed by atoms with E-state index in [1.165, 1.54) is 12.1 Å². The lowest BCUT2D eigenvalue weighted by atomic mass is 10.2. The molecule has 2 amide bonds. The predicted octanol–water partition coefficient (Wildman–Crippen LogP) is 0.864. The fourth-order valence-corrected chi connectivity index (χ4v) is 3.63. The van der Waals surface area contributed by atoms with Crippen LogP contribution in [0.15, 0.2) is 17.0 Å². The van der Waals surface area contributed by atoms with Crippen molar-refractivity contribution in [1.82, 2.24) is 10.0 Å². The first-order valence-corrected chi connectivity index (χ1v) is 9.10. The van der Waals surface area contributed by atoms with Gasteiger partial charge < -0.3 is 15.4 Å². The Morgan fingerprint density at radius 2 is 2.12 bits per heavy atom. The van der Waals surface area contributed by atoms with Crippen LogP contribution < -0.4 is 20.1 Å². The molecule has 0 aliphatic carbocycles. The molecule has 0 fully saturated rings. The van der Waals surface area contributed by atoms with E-state index in [1.807, 2.05) is 13.8 Å². The van der Waals surface area contributed by atoms with Crippen molar-refractivity contribution in [3.63, 3.8) is 0 Å².